The van der Waals surface area contributed by atoms with Crippen LogP contribution in [0.3, 0.4) is 0 Å². The zero-order valence-corrected chi connectivity index (χ0v) is 22.1. The van der Waals surface area contributed by atoms with Gasteiger partial charge in [-0.3, -0.25) is 0 Å². The van der Waals surface area contributed by atoms with Gasteiger partial charge in [0.2, 0.25) is 0 Å². The lowest BCUT2D eigenvalue weighted by Gasteiger charge is -2.25. The Labute approximate surface area is 212 Å². The van der Waals surface area contributed by atoms with E-state index < -0.39 is 0 Å². The van der Waals surface area contributed by atoms with Crippen molar-refractivity contribution in [1.29, 1.82) is 0 Å². The van der Waals surface area contributed by atoms with E-state index in [9.17, 15) is 0 Å². The number of aryl methyl sites for hydroxylation is 2. The van der Waals surface area contributed by atoms with Gasteiger partial charge in [0.15, 0.2) is 0 Å². The van der Waals surface area contributed by atoms with Crippen molar-refractivity contribution in [2.45, 2.75) is 77.6 Å². The summed E-state index contributed by atoms with van der Waals surface area (Å²) in [6, 6.07) is 25.4. The molecule has 0 amide bonds. The molecule has 2 atom stereocenters. The van der Waals surface area contributed by atoms with E-state index in [2.05, 4.69) is 120 Å². The van der Waals surface area contributed by atoms with Crippen LogP contribution < -0.4 is 0 Å². The van der Waals surface area contributed by atoms with Crippen LogP contribution in [0.5, 0.6) is 0 Å². The molecule has 0 aromatic heterocycles. The Hall–Kier alpha value is -2.86. The van der Waals surface area contributed by atoms with Gasteiger partial charge >= 0.3 is 0 Å². The number of allylic oxidation sites excluding steroid dienone is 3. The van der Waals surface area contributed by atoms with Crippen molar-refractivity contribution in [3.63, 3.8) is 0 Å². The zero-order chi connectivity index (χ0) is 24.6. The van der Waals surface area contributed by atoms with Crippen LogP contribution in [0, 0.1) is 5.92 Å². The first-order chi connectivity index (χ1) is 16.8. The third-order valence-electron chi connectivity index (χ3n) is 8.04. The summed E-state index contributed by atoms with van der Waals surface area (Å²) in [6.07, 6.45) is 11.8. The molecule has 0 nitrogen and oxygen atoms in total. The third-order valence-corrected chi connectivity index (χ3v) is 8.04. The lowest BCUT2D eigenvalue weighted by molar-refractivity contribution is 0.580. The number of fused-ring (bicyclic) bond motifs is 1. The Morgan fingerprint density at radius 1 is 0.886 bits per heavy atom. The first-order valence-electron chi connectivity index (χ1n) is 13.5. The van der Waals surface area contributed by atoms with Gasteiger partial charge in [0.25, 0.3) is 0 Å². The summed E-state index contributed by atoms with van der Waals surface area (Å²) in [5.41, 5.74) is 11.9. The SMILES string of the molecule is CC(C)C1C=Cc2cc(C3=CC(c4ccc(CCc5ccccc5)c(C(C)(C)C)c4)CC3)ccc21. The lowest BCUT2D eigenvalue weighted by Crippen LogP contribution is -2.15. The summed E-state index contributed by atoms with van der Waals surface area (Å²) in [5, 5.41) is 0. The molecule has 2 aliphatic rings. The second-order valence-corrected chi connectivity index (χ2v) is 12.0. The molecule has 180 valence electrons. The Bertz CT molecular complexity index is 1250. The number of hydrogen-bond acceptors (Lipinski definition) is 0. The van der Waals surface area contributed by atoms with E-state index in [1.54, 1.807) is 0 Å². The molecule has 0 N–H and O–H groups in total. The van der Waals surface area contributed by atoms with Crippen LogP contribution in [0.15, 0.2) is 78.9 Å². The molecular weight excluding hydrogens is 420 g/mol. The van der Waals surface area contributed by atoms with E-state index in [0.29, 0.717) is 17.8 Å². The van der Waals surface area contributed by atoms with Gasteiger partial charge in [-0.1, -0.05) is 114 Å². The number of benzene rings is 3. The highest BCUT2D eigenvalue weighted by Crippen LogP contribution is 2.42. The summed E-state index contributed by atoms with van der Waals surface area (Å²) in [4.78, 5) is 0. The molecule has 0 saturated heterocycles. The summed E-state index contributed by atoms with van der Waals surface area (Å²) in [6.45, 7) is 11.7. The van der Waals surface area contributed by atoms with Crippen molar-refractivity contribution >= 4 is 11.6 Å². The van der Waals surface area contributed by atoms with E-state index in [4.69, 9.17) is 0 Å². The van der Waals surface area contributed by atoms with Gasteiger partial charge in [0, 0.05) is 11.8 Å². The molecule has 35 heavy (non-hydrogen) atoms. The van der Waals surface area contributed by atoms with Crippen molar-refractivity contribution in [2.24, 2.45) is 5.92 Å². The topological polar surface area (TPSA) is 0 Å². The molecule has 2 unspecified atom stereocenters. The molecule has 0 fully saturated rings. The summed E-state index contributed by atoms with van der Waals surface area (Å²) >= 11 is 0. The summed E-state index contributed by atoms with van der Waals surface area (Å²) in [5.74, 6) is 1.74. The highest BCUT2D eigenvalue weighted by Gasteiger charge is 2.25. The second-order valence-electron chi connectivity index (χ2n) is 12.0. The van der Waals surface area contributed by atoms with Gasteiger partial charge in [0.1, 0.15) is 0 Å². The molecule has 2 aliphatic carbocycles. The van der Waals surface area contributed by atoms with Gasteiger partial charge in [-0.25, -0.2) is 0 Å². The largest absolute Gasteiger partial charge is 0.0761 e. The lowest BCUT2D eigenvalue weighted by atomic mass is 9.80. The first kappa shape index (κ1) is 23.9. The Morgan fingerprint density at radius 3 is 2.43 bits per heavy atom. The van der Waals surface area contributed by atoms with E-state index in [0.717, 1.165) is 12.8 Å². The molecule has 0 saturated carbocycles. The molecule has 3 aromatic carbocycles. The smallest absolute Gasteiger partial charge is 0.00502 e. The number of rotatable bonds is 6. The molecule has 0 bridgehead atoms. The van der Waals surface area contributed by atoms with E-state index in [-0.39, 0.29) is 5.41 Å². The zero-order valence-electron chi connectivity index (χ0n) is 22.1. The molecule has 0 aliphatic heterocycles. The van der Waals surface area contributed by atoms with Crippen LogP contribution in [0.2, 0.25) is 0 Å². The Kier molecular flexibility index (Phi) is 6.58. The molecule has 0 heteroatoms. The molecule has 0 radical (unpaired) electrons. The maximum Gasteiger partial charge on any atom is 0.00502 e. The highest BCUT2D eigenvalue weighted by molar-refractivity contribution is 5.74. The van der Waals surface area contributed by atoms with Crippen molar-refractivity contribution in [3.8, 4) is 0 Å². The predicted octanol–water partition coefficient (Wildman–Crippen LogP) is 9.50. The maximum absolute atomic E-state index is 2.55. The molecule has 5 rings (SSSR count). The molecular formula is C35H40. The van der Waals surface area contributed by atoms with Crippen molar-refractivity contribution in [2.75, 3.05) is 0 Å². The predicted molar refractivity (Wildman–Crippen MR) is 152 cm³/mol. The number of hydrogen-bond donors (Lipinski definition) is 0. The highest BCUT2D eigenvalue weighted by atomic mass is 14.3. The monoisotopic (exact) mass is 460 g/mol. The van der Waals surface area contributed by atoms with Gasteiger partial charge in [0.05, 0.1) is 0 Å². The van der Waals surface area contributed by atoms with E-state index >= 15 is 0 Å². The van der Waals surface area contributed by atoms with Crippen molar-refractivity contribution in [3.05, 3.63) is 118 Å². The van der Waals surface area contributed by atoms with Gasteiger partial charge in [-0.05, 0) is 87.6 Å². The maximum atomic E-state index is 2.55. The fourth-order valence-corrected chi connectivity index (χ4v) is 6.00. The standard InChI is InChI=1S/C35H40/c1-24(2)32-19-18-31-22-29(17-20-33(31)32)27-15-16-28(21-27)30-14-13-26(34(23-30)35(3,4)5)12-11-25-9-7-6-8-10-25/h6-10,13-14,17-24,28,32H,11-12,15-16H2,1-5H3. The Balaban J connectivity index is 1.38. The minimum Gasteiger partial charge on any atom is -0.0761 e. The summed E-state index contributed by atoms with van der Waals surface area (Å²) < 4.78 is 0. The van der Waals surface area contributed by atoms with Crippen LogP contribution >= 0.6 is 0 Å². The Morgan fingerprint density at radius 2 is 1.69 bits per heavy atom. The fourth-order valence-electron chi connectivity index (χ4n) is 6.00. The summed E-state index contributed by atoms with van der Waals surface area (Å²) in [7, 11) is 0. The van der Waals surface area contributed by atoms with Crippen molar-refractivity contribution < 1.29 is 0 Å². The van der Waals surface area contributed by atoms with Crippen molar-refractivity contribution in [1.82, 2.24) is 0 Å². The molecule has 0 spiro atoms. The quantitative estimate of drug-likeness (QED) is 0.343. The first-order valence-corrected chi connectivity index (χ1v) is 13.5. The van der Waals surface area contributed by atoms with Crippen LogP contribution in [-0.2, 0) is 18.3 Å². The average Bonchev–Trinajstić information content (AvgIpc) is 3.50. The van der Waals surface area contributed by atoms with Crippen LogP contribution in [0.4, 0.5) is 0 Å². The molecule has 0 heterocycles. The van der Waals surface area contributed by atoms with Gasteiger partial charge in [-0.15, -0.1) is 0 Å². The average molecular weight is 461 g/mol. The van der Waals surface area contributed by atoms with E-state index in [1.807, 2.05) is 0 Å². The van der Waals surface area contributed by atoms with Crippen LogP contribution in [0.1, 0.15) is 98.2 Å². The van der Waals surface area contributed by atoms with Crippen LogP contribution in [-0.4, -0.2) is 0 Å². The van der Waals surface area contributed by atoms with Gasteiger partial charge < -0.3 is 0 Å². The molecule has 3 aromatic rings. The normalized spacial score (nSPS) is 19.3. The minimum absolute atomic E-state index is 0.145. The van der Waals surface area contributed by atoms with Crippen LogP contribution in [0.25, 0.3) is 11.6 Å². The second kappa shape index (κ2) is 9.65. The van der Waals surface area contributed by atoms with E-state index in [1.165, 1.54) is 57.4 Å². The van der Waals surface area contributed by atoms with Gasteiger partial charge in [-0.2, -0.15) is 0 Å². The fraction of sp³-hybridized carbons (Fsp3) is 0.371. The minimum atomic E-state index is 0.145. The third kappa shape index (κ3) is 5.08.